The molecule has 20 heavy (non-hydrogen) atoms. The molecule has 6 nitrogen and oxygen atoms in total. The Morgan fingerprint density at radius 3 is 2.25 bits per heavy atom. The van der Waals surface area contributed by atoms with Crippen molar-refractivity contribution in [2.45, 2.75) is 4.90 Å². The van der Waals surface area contributed by atoms with Crippen molar-refractivity contribution in [2.24, 2.45) is 0 Å². The predicted molar refractivity (Wildman–Crippen MR) is 81.4 cm³/mol. The number of anilines is 2. The first kappa shape index (κ1) is 15.1. The zero-order chi connectivity index (χ0) is 14.9. The van der Waals surface area contributed by atoms with Crippen LogP contribution in [-0.4, -0.2) is 64.9 Å². The lowest BCUT2D eigenvalue weighted by Gasteiger charge is -2.34. The summed E-state index contributed by atoms with van der Waals surface area (Å²) in [5.74, 6) is 0. The number of likely N-dealkylation sites (N-methyl/N-ethyl adjacent to an activating group) is 1. The number of piperazine rings is 1. The highest BCUT2D eigenvalue weighted by Gasteiger charge is 2.21. The van der Waals surface area contributed by atoms with Crippen LogP contribution in [-0.2, 0) is 10.0 Å². The molecule has 0 aliphatic carbocycles. The molecule has 112 valence electrons. The van der Waals surface area contributed by atoms with E-state index < -0.39 is 10.0 Å². The number of nitrogens with two attached hydrogens (primary N) is 1. The summed E-state index contributed by atoms with van der Waals surface area (Å²) in [7, 11) is 1.69. The van der Waals surface area contributed by atoms with Gasteiger partial charge in [-0.05, 0) is 25.2 Å². The fourth-order valence-corrected chi connectivity index (χ4v) is 3.18. The van der Waals surface area contributed by atoms with E-state index in [2.05, 4.69) is 16.8 Å². The second-order valence-corrected chi connectivity index (χ2v) is 7.45. The van der Waals surface area contributed by atoms with Crippen LogP contribution in [0.25, 0.3) is 0 Å². The molecule has 1 saturated heterocycles. The summed E-state index contributed by atoms with van der Waals surface area (Å²) in [6, 6.07) is 4.97. The lowest BCUT2D eigenvalue weighted by atomic mass is 10.2. The zero-order valence-corrected chi connectivity index (χ0v) is 13.0. The molecule has 7 heteroatoms. The van der Waals surface area contributed by atoms with Gasteiger partial charge in [-0.2, -0.15) is 0 Å². The van der Waals surface area contributed by atoms with E-state index in [1.165, 1.54) is 18.4 Å². The van der Waals surface area contributed by atoms with Crippen molar-refractivity contribution < 1.29 is 8.42 Å². The molecule has 1 aliphatic rings. The van der Waals surface area contributed by atoms with Gasteiger partial charge in [-0.15, -0.1) is 0 Å². The molecule has 0 amide bonds. The smallest absolute Gasteiger partial charge is 0.242 e. The minimum absolute atomic E-state index is 0.234. The van der Waals surface area contributed by atoms with Gasteiger partial charge >= 0.3 is 0 Å². The molecule has 0 unspecified atom stereocenters. The lowest BCUT2D eigenvalue weighted by molar-refractivity contribution is 0.313. The van der Waals surface area contributed by atoms with Crippen LogP contribution >= 0.6 is 0 Å². The molecule has 0 saturated carbocycles. The van der Waals surface area contributed by atoms with Gasteiger partial charge in [0.05, 0.1) is 16.3 Å². The molecule has 2 rings (SSSR count). The van der Waals surface area contributed by atoms with Gasteiger partial charge < -0.3 is 15.5 Å². The SMILES string of the molecule is CN1CCN(c2ccc(S(=O)(=O)N(C)C)cc2N)CC1. The summed E-state index contributed by atoms with van der Waals surface area (Å²) < 4.78 is 25.3. The molecule has 1 fully saturated rings. The van der Waals surface area contributed by atoms with Crippen molar-refractivity contribution in [1.29, 1.82) is 0 Å². The maximum atomic E-state index is 12.1. The van der Waals surface area contributed by atoms with Gasteiger partial charge in [-0.1, -0.05) is 0 Å². The van der Waals surface area contributed by atoms with Crippen molar-refractivity contribution in [3.63, 3.8) is 0 Å². The molecule has 2 N–H and O–H groups in total. The first-order chi connectivity index (χ1) is 9.32. The fourth-order valence-electron chi connectivity index (χ4n) is 2.24. The Hall–Kier alpha value is -1.31. The molecule has 0 atom stereocenters. The van der Waals surface area contributed by atoms with Crippen molar-refractivity contribution in [3.8, 4) is 0 Å². The lowest BCUT2D eigenvalue weighted by Crippen LogP contribution is -2.44. The Morgan fingerprint density at radius 2 is 1.75 bits per heavy atom. The first-order valence-electron chi connectivity index (χ1n) is 6.58. The summed E-state index contributed by atoms with van der Waals surface area (Å²) >= 11 is 0. The number of sulfonamides is 1. The summed E-state index contributed by atoms with van der Waals surface area (Å²) in [5.41, 5.74) is 7.47. The second-order valence-electron chi connectivity index (χ2n) is 5.30. The maximum Gasteiger partial charge on any atom is 0.242 e. The Bertz CT molecular complexity index is 578. The van der Waals surface area contributed by atoms with Gasteiger partial charge in [0, 0.05) is 40.3 Å². The average molecular weight is 298 g/mol. The fraction of sp³-hybridized carbons (Fsp3) is 0.538. The molecule has 1 aliphatic heterocycles. The second kappa shape index (κ2) is 5.59. The number of nitrogen functional groups attached to an aromatic ring is 1. The molecule has 0 bridgehead atoms. The van der Waals surface area contributed by atoms with E-state index in [0.29, 0.717) is 5.69 Å². The van der Waals surface area contributed by atoms with Crippen LogP contribution in [0, 0.1) is 0 Å². The van der Waals surface area contributed by atoms with Gasteiger partial charge in [0.1, 0.15) is 0 Å². The molecule has 0 radical (unpaired) electrons. The van der Waals surface area contributed by atoms with Crippen LogP contribution in [0.5, 0.6) is 0 Å². The Labute approximate surface area is 120 Å². The van der Waals surface area contributed by atoms with Crippen molar-refractivity contribution in [1.82, 2.24) is 9.21 Å². The highest BCUT2D eigenvalue weighted by molar-refractivity contribution is 7.89. The van der Waals surface area contributed by atoms with Gasteiger partial charge in [0.2, 0.25) is 10.0 Å². The van der Waals surface area contributed by atoms with E-state index in [9.17, 15) is 8.42 Å². The summed E-state index contributed by atoms with van der Waals surface area (Å²) in [5, 5.41) is 0. The normalized spacial score (nSPS) is 17.7. The number of hydrogen-bond donors (Lipinski definition) is 1. The third-order valence-corrected chi connectivity index (χ3v) is 5.43. The number of hydrogen-bond acceptors (Lipinski definition) is 5. The van der Waals surface area contributed by atoms with Gasteiger partial charge in [-0.3, -0.25) is 0 Å². The highest BCUT2D eigenvalue weighted by Crippen LogP contribution is 2.27. The predicted octanol–water partition coefficient (Wildman–Crippen LogP) is 0.271. The monoisotopic (exact) mass is 298 g/mol. The van der Waals surface area contributed by atoms with Gasteiger partial charge in [0.25, 0.3) is 0 Å². The van der Waals surface area contributed by atoms with E-state index in [1.807, 2.05) is 0 Å². The van der Waals surface area contributed by atoms with Crippen LogP contribution in [0.3, 0.4) is 0 Å². The molecular formula is C13H22N4O2S. The van der Waals surface area contributed by atoms with E-state index >= 15 is 0 Å². The quantitative estimate of drug-likeness (QED) is 0.811. The van der Waals surface area contributed by atoms with E-state index in [4.69, 9.17) is 5.73 Å². The molecule has 0 spiro atoms. The van der Waals surface area contributed by atoms with Gasteiger partial charge in [0.15, 0.2) is 0 Å². The summed E-state index contributed by atoms with van der Waals surface area (Å²) in [4.78, 5) is 4.69. The summed E-state index contributed by atoms with van der Waals surface area (Å²) in [6.45, 7) is 3.77. The first-order valence-corrected chi connectivity index (χ1v) is 8.02. The third kappa shape index (κ3) is 2.89. The zero-order valence-electron chi connectivity index (χ0n) is 12.2. The summed E-state index contributed by atoms with van der Waals surface area (Å²) in [6.07, 6.45) is 0. The largest absolute Gasteiger partial charge is 0.397 e. The third-order valence-electron chi connectivity index (χ3n) is 3.62. The topological polar surface area (TPSA) is 69.9 Å². The standard InChI is InChI=1S/C13H22N4O2S/c1-15(2)20(18,19)11-4-5-13(12(14)10-11)17-8-6-16(3)7-9-17/h4-5,10H,6-9,14H2,1-3H3. The number of benzene rings is 1. The Morgan fingerprint density at radius 1 is 1.15 bits per heavy atom. The van der Waals surface area contributed by atoms with Crippen molar-refractivity contribution in [2.75, 3.05) is 58.0 Å². The van der Waals surface area contributed by atoms with Crippen LogP contribution in [0.1, 0.15) is 0 Å². The Kier molecular flexibility index (Phi) is 4.22. The van der Waals surface area contributed by atoms with Crippen LogP contribution in [0.4, 0.5) is 11.4 Å². The number of nitrogens with zero attached hydrogens (tertiary/aromatic N) is 3. The molecule has 1 heterocycles. The molecule has 1 aromatic rings. The van der Waals surface area contributed by atoms with Crippen molar-refractivity contribution in [3.05, 3.63) is 18.2 Å². The maximum absolute atomic E-state index is 12.1. The molecule has 1 aromatic carbocycles. The van der Waals surface area contributed by atoms with E-state index in [-0.39, 0.29) is 4.90 Å². The van der Waals surface area contributed by atoms with Crippen LogP contribution in [0.2, 0.25) is 0 Å². The molecule has 0 aromatic heterocycles. The number of rotatable bonds is 3. The van der Waals surface area contributed by atoms with E-state index in [0.717, 1.165) is 31.9 Å². The van der Waals surface area contributed by atoms with Crippen LogP contribution in [0.15, 0.2) is 23.1 Å². The molecular weight excluding hydrogens is 276 g/mol. The average Bonchev–Trinajstić information content (AvgIpc) is 2.39. The Balaban J connectivity index is 2.27. The van der Waals surface area contributed by atoms with Gasteiger partial charge in [-0.25, -0.2) is 12.7 Å². The minimum atomic E-state index is -3.43. The highest BCUT2D eigenvalue weighted by atomic mass is 32.2. The van der Waals surface area contributed by atoms with E-state index in [1.54, 1.807) is 18.2 Å². The van der Waals surface area contributed by atoms with Crippen LogP contribution < -0.4 is 10.6 Å². The van der Waals surface area contributed by atoms with Crippen molar-refractivity contribution >= 4 is 21.4 Å². The minimum Gasteiger partial charge on any atom is -0.397 e.